The lowest BCUT2D eigenvalue weighted by Crippen LogP contribution is -2.40. The normalized spacial score (nSPS) is 12.1. The number of carbonyl (C=O) groups is 2. The molecular weight excluding hydrogens is 262 g/mol. The Morgan fingerprint density at radius 2 is 2.29 bits per heavy atom. The van der Waals surface area contributed by atoms with E-state index in [-0.39, 0.29) is 0 Å². The Labute approximate surface area is 109 Å². The van der Waals surface area contributed by atoms with Crippen LogP contribution in [0.5, 0.6) is 0 Å². The Morgan fingerprint density at radius 1 is 1.59 bits per heavy atom. The molecule has 0 aliphatic rings. The highest BCUT2D eigenvalue weighted by Gasteiger charge is 2.21. The van der Waals surface area contributed by atoms with Crippen molar-refractivity contribution in [2.75, 3.05) is 0 Å². The second kappa shape index (κ2) is 6.61. The number of halogens is 1. The van der Waals surface area contributed by atoms with Crippen molar-refractivity contribution in [1.29, 1.82) is 0 Å². The van der Waals surface area contributed by atoms with Gasteiger partial charge in [-0.1, -0.05) is 31.4 Å². The molecule has 1 aromatic rings. The van der Waals surface area contributed by atoms with Crippen molar-refractivity contribution in [1.82, 2.24) is 5.32 Å². The van der Waals surface area contributed by atoms with E-state index in [9.17, 15) is 9.59 Å². The molecule has 17 heavy (non-hydrogen) atoms. The van der Waals surface area contributed by atoms with Crippen molar-refractivity contribution in [3.63, 3.8) is 0 Å². The molecule has 1 rings (SSSR count). The van der Waals surface area contributed by atoms with E-state index in [0.29, 0.717) is 16.3 Å². The summed E-state index contributed by atoms with van der Waals surface area (Å²) in [5.41, 5.74) is 0. The van der Waals surface area contributed by atoms with E-state index in [0.717, 1.165) is 12.8 Å². The molecule has 0 spiro atoms. The zero-order valence-corrected chi connectivity index (χ0v) is 11.0. The fourth-order valence-corrected chi connectivity index (χ4v) is 2.39. The van der Waals surface area contributed by atoms with Gasteiger partial charge in [-0.25, -0.2) is 4.79 Å². The van der Waals surface area contributed by atoms with Crippen molar-refractivity contribution in [3.05, 3.63) is 21.3 Å². The van der Waals surface area contributed by atoms with Crippen LogP contribution in [0.4, 0.5) is 0 Å². The molecule has 6 heteroatoms. The van der Waals surface area contributed by atoms with Crippen molar-refractivity contribution in [2.24, 2.45) is 0 Å². The first kappa shape index (κ1) is 14.0. The van der Waals surface area contributed by atoms with Crippen LogP contribution in [0.2, 0.25) is 5.02 Å². The lowest BCUT2D eigenvalue weighted by Gasteiger charge is -2.13. The first-order valence-corrected chi connectivity index (χ1v) is 6.58. The van der Waals surface area contributed by atoms with Crippen LogP contribution >= 0.6 is 22.9 Å². The molecule has 1 amide bonds. The number of aliphatic carboxylic acids is 1. The quantitative estimate of drug-likeness (QED) is 0.839. The summed E-state index contributed by atoms with van der Waals surface area (Å²) in [5.74, 6) is -1.44. The summed E-state index contributed by atoms with van der Waals surface area (Å²) in [6, 6.07) is 0.767. The van der Waals surface area contributed by atoms with Gasteiger partial charge in [-0.15, -0.1) is 11.3 Å². The largest absolute Gasteiger partial charge is 0.480 e. The van der Waals surface area contributed by atoms with Crippen molar-refractivity contribution in [2.45, 2.75) is 32.2 Å². The number of hydrogen-bond donors (Lipinski definition) is 2. The van der Waals surface area contributed by atoms with E-state index < -0.39 is 17.9 Å². The number of nitrogens with one attached hydrogen (secondary N) is 1. The van der Waals surface area contributed by atoms with Gasteiger partial charge in [0.1, 0.15) is 10.9 Å². The highest BCUT2D eigenvalue weighted by molar-refractivity contribution is 7.12. The average Bonchev–Trinajstić information content (AvgIpc) is 2.70. The maximum absolute atomic E-state index is 11.8. The molecule has 0 radical (unpaired) electrons. The van der Waals surface area contributed by atoms with Gasteiger partial charge in [0.25, 0.3) is 5.91 Å². The summed E-state index contributed by atoms with van der Waals surface area (Å²) >= 11 is 7.00. The Morgan fingerprint density at radius 3 is 2.76 bits per heavy atom. The summed E-state index contributed by atoms with van der Waals surface area (Å²) in [4.78, 5) is 23.1. The summed E-state index contributed by atoms with van der Waals surface area (Å²) < 4.78 is 0. The van der Waals surface area contributed by atoms with Crippen LogP contribution in [0.15, 0.2) is 11.4 Å². The maximum Gasteiger partial charge on any atom is 0.326 e. The summed E-state index contributed by atoms with van der Waals surface area (Å²) in [7, 11) is 0. The minimum Gasteiger partial charge on any atom is -0.480 e. The standard InChI is InChI=1S/C11H14ClNO3S/c1-2-3-4-8(11(15)16)13-10(14)9-7(12)5-6-17-9/h5-6,8H,2-4H2,1H3,(H,13,14)(H,15,16). The average molecular weight is 276 g/mol. The van der Waals surface area contributed by atoms with Crippen molar-refractivity contribution in [3.8, 4) is 0 Å². The monoisotopic (exact) mass is 275 g/mol. The van der Waals surface area contributed by atoms with Crippen LogP contribution in [0.1, 0.15) is 35.9 Å². The molecule has 0 fully saturated rings. The third-order valence-corrected chi connectivity index (χ3v) is 3.61. The Kier molecular flexibility index (Phi) is 5.44. The van der Waals surface area contributed by atoms with Gasteiger partial charge in [-0.3, -0.25) is 4.79 Å². The lowest BCUT2D eigenvalue weighted by atomic mass is 10.1. The molecule has 0 bridgehead atoms. The highest BCUT2D eigenvalue weighted by atomic mass is 35.5. The zero-order valence-electron chi connectivity index (χ0n) is 9.40. The SMILES string of the molecule is CCCCC(NC(=O)c1sccc1Cl)C(=O)O. The Hall–Kier alpha value is -1.07. The van der Waals surface area contributed by atoms with Crippen LogP contribution < -0.4 is 5.32 Å². The molecular formula is C11H14ClNO3S. The second-order valence-corrected chi connectivity index (χ2v) is 4.93. The minimum atomic E-state index is -1.01. The number of thiophene rings is 1. The number of carbonyl (C=O) groups excluding carboxylic acids is 1. The third-order valence-electron chi connectivity index (χ3n) is 2.27. The van der Waals surface area contributed by atoms with Crippen LogP contribution in [0.3, 0.4) is 0 Å². The molecule has 0 saturated carbocycles. The second-order valence-electron chi connectivity index (χ2n) is 3.60. The topological polar surface area (TPSA) is 66.4 Å². The smallest absolute Gasteiger partial charge is 0.326 e. The first-order valence-electron chi connectivity index (χ1n) is 5.33. The molecule has 0 saturated heterocycles. The molecule has 0 aliphatic carbocycles. The predicted molar refractivity (Wildman–Crippen MR) is 67.7 cm³/mol. The lowest BCUT2D eigenvalue weighted by molar-refractivity contribution is -0.139. The van der Waals surface area contributed by atoms with E-state index in [1.807, 2.05) is 6.92 Å². The number of amides is 1. The Bertz CT molecular complexity index is 405. The van der Waals surface area contributed by atoms with E-state index in [1.54, 1.807) is 11.4 Å². The highest BCUT2D eigenvalue weighted by Crippen LogP contribution is 2.21. The fraction of sp³-hybridized carbons (Fsp3) is 0.455. The summed E-state index contributed by atoms with van der Waals surface area (Å²) in [6.07, 6.45) is 2.08. The van der Waals surface area contributed by atoms with Crippen LogP contribution in [0, 0.1) is 0 Å². The van der Waals surface area contributed by atoms with Gasteiger partial charge < -0.3 is 10.4 Å². The number of hydrogen-bond acceptors (Lipinski definition) is 3. The molecule has 1 aromatic heterocycles. The number of carboxylic acid groups (broad SMARTS) is 1. The molecule has 0 aromatic carbocycles. The number of unbranched alkanes of at least 4 members (excludes halogenated alkanes) is 1. The molecule has 4 nitrogen and oxygen atoms in total. The van der Waals surface area contributed by atoms with Crippen molar-refractivity contribution >= 4 is 34.8 Å². The van der Waals surface area contributed by atoms with E-state index in [1.165, 1.54) is 11.3 Å². The molecule has 2 N–H and O–H groups in total. The molecule has 0 aliphatic heterocycles. The fourth-order valence-electron chi connectivity index (χ4n) is 1.35. The summed E-state index contributed by atoms with van der Waals surface area (Å²) in [5, 5.41) is 13.5. The van der Waals surface area contributed by atoms with Gasteiger partial charge in [-0.2, -0.15) is 0 Å². The van der Waals surface area contributed by atoms with Gasteiger partial charge in [0.05, 0.1) is 5.02 Å². The van der Waals surface area contributed by atoms with Crippen molar-refractivity contribution < 1.29 is 14.7 Å². The first-order chi connectivity index (χ1) is 8.06. The third kappa shape index (κ3) is 4.02. The molecule has 1 atom stereocenters. The van der Waals surface area contributed by atoms with Crippen LogP contribution in [-0.4, -0.2) is 23.0 Å². The predicted octanol–water partition coefficient (Wildman–Crippen LogP) is 2.77. The Balaban J connectivity index is 2.64. The minimum absolute atomic E-state index is 0.354. The number of rotatable bonds is 6. The van der Waals surface area contributed by atoms with E-state index in [4.69, 9.17) is 16.7 Å². The van der Waals surface area contributed by atoms with Gasteiger partial charge in [0.2, 0.25) is 0 Å². The molecule has 1 unspecified atom stereocenters. The molecule has 94 valence electrons. The van der Waals surface area contributed by atoms with E-state index in [2.05, 4.69) is 5.32 Å². The summed E-state index contributed by atoms with van der Waals surface area (Å²) in [6.45, 7) is 1.97. The van der Waals surface area contributed by atoms with Gasteiger partial charge in [-0.05, 0) is 17.9 Å². The van der Waals surface area contributed by atoms with Crippen LogP contribution in [-0.2, 0) is 4.79 Å². The van der Waals surface area contributed by atoms with Crippen LogP contribution in [0.25, 0.3) is 0 Å². The van der Waals surface area contributed by atoms with Gasteiger partial charge in [0.15, 0.2) is 0 Å². The van der Waals surface area contributed by atoms with E-state index >= 15 is 0 Å². The van der Waals surface area contributed by atoms with Gasteiger partial charge in [0, 0.05) is 0 Å². The number of carboxylic acids is 1. The maximum atomic E-state index is 11.8. The van der Waals surface area contributed by atoms with Gasteiger partial charge >= 0.3 is 5.97 Å². The zero-order chi connectivity index (χ0) is 12.8. The molecule has 1 heterocycles.